The van der Waals surface area contributed by atoms with E-state index in [1.807, 2.05) is 31.2 Å². The Hall–Kier alpha value is -2.01. The average Bonchev–Trinajstić information content (AvgIpc) is 2.75. The predicted octanol–water partition coefficient (Wildman–Crippen LogP) is 3.26. The van der Waals surface area contributed by atoms with Gasteiger partial charge in [-0.3, -0.25) is 0 Å². The minimum absolute atomic E-state index is 0.705. The molecule has 0 radical (unpaired) electrons. The summed E-state index contributed by atoms with van der Waals surface area (Å²) in [7, 11) is 0. The minimum Gasteiger partial charge on any atom is -0.468 e. The van der Waals surface area contributed by atoms with Crippen molar-refractivity contribution in [3.63, 3.8) is 0 Å². The van der Waals surface area contributed by atoms with E-state index in [2.05, 4.69) is 9.97 Å². The summed E-state index contributed by atoms with van der Waals surface area (Å²) in [6.45, 7) is 1.93. The molecule has 0 aliphatic carbocycles. The van der Waals surface area contributed by atoms with Crippen molar-refractivity contribution < 1.29 is 4.42 Å². The van der Waals surface area contributed by atoms with Gasteiger partial charge in [-0.05, 0) is 31.2 Å². The largest absolute Gasteiger partial charge is 0.468 e. The monoisotopic (exact) mass is 257 g/mol. The molecule has 0 saturated carbocycles. The van der Waals surface area contributed by atoms with Crippen molar-refractivity contribution in [2.75, 3.05) is 5.73 Å². The number of aromatic nitrogens is 2. The van der Waals surface area contributed by atoms with E-state index in [-0.39, 0.29) is 0 Å². The molecule has 0 unspecified atom stereocenters. The molecule has 1 aromatic carbocycles. The Balaban J connectivity index is 2.09. The smallest absolute Gasteiger partial charge is 0.117 e. The lowest BCUT2D eigenvalue weighted by atomic mass is 10.2. The fraction of sp³-hybridized carbons (Fsp3) is 0.0769. The highest BCUT2D eigenvalue weighted by molar-refractivity contribution is 7.99. The number of rotatable bonds is 2. The van der Waals surface area contributed by atoms with Gasteiger partial charge in [0.25, 0.3) is 0 Å². The van der Waals surface area contributed by atoms with Gasteiger partial charge in [0, 0.05) is 11.1 Å². The van der Waals surface area contributed by atoms with Gasteiger partial charge in [0.2, 0.25) is 0 Å². The number of benzene rings is 1. The molecule has 4 nitrogen and oxygen atoms in total. The topological polar surface area (TPSA) is 64.9 Å². The molecule has 2 heterocycles. The number of furan rings is 1. The van der Waals surface area contributed by atoms with Crippen LogP contribution in [0.15, 0.2) is 51.2 Å². The molecular weight excluding hydrogens is 246 g/mol. The Morgan fingerprint density at radius 3 is 2.89 bits per heavy atom. The van der Waals surface area contributed by atoms with Gasteiger partial charge in [0.05, 0.1) is 16.7 Å². The van der Waals surface area contributed by atoms with Gasteiger partial charge < -0.3 is 10.2 Å². The van der Waals surface area contributed by atoms with E-state index in [0.717, 1.165) is 26.6 Å². The summed E-state index contributed by atoms with van der Waals surface area (Å²) in [5.41, 5.74) is 7.31. The number of hydrogen-bond donors (Lipinski definition) is 1. The molecule has 5 heteroatoms. The van der Waals surface area contributed by atoms with Crippen molar-refractivity contribution in [1.29, 1.82) is 0 Å². The van der Waals surface area contributed by atoms with Crippen LogP contribution >= 0.6 is 11.8 Å². The third-order valence-corrected chi connectivity index (χ3v) is 3.80. The molecule has 0 bridgehead atoms. The Kier molecular flexibility index (Phi) is 2.68. The van der Waals surface area contributed by atoms with E-state index in [4.69, 9.17) is 10.2 Å². The highest BCUT2D eigenvalue weighted by Gasteiger charge is 2.09. The van der Waals surface area contributed by atoms with Crippen molar-refractivity contribution in [2.45, 2.75) is 16.8 Å². The van der Waals surface area contributed by atoms with Crippen LogP contribution in [0.3, 0.4) is 0 Å². The van der Waals surface area contributed by atoms with Crippen molar-refractivity contribution in [2.24, 2.45) is 0 Å². The molecule has 2 N–H and O–H groups in total. The number of fused-ring (bicyclic) bond motifs is 1. The fourth-order valence-electron chi connectivity index (χ4n) is 1.71. The van der Waals surface area contributed by atoms with Crippen LogP contribution in [-0.2, 0) is 0 Å². The second-order valence-electron chi connectivity index (χ2n) is 3.90. The van der Waals surface area contributed by atoms with Gasteiger partial charge in [-0.25, -0.2) is 9.97 Å². The highest BCUT2D eigenvalue weighted by atomic mass is 32.2. The van der Waals surface area contributed by atoms with Gasteiger partial charge in [-0.15, -0.1) is 0 Å². The molecule has 3 rings (SSSR count). The lowest BCUT2D eigenvalue weighted by Crippen LogP contribution is -1.89. The second-order valence-corrected chi connectivity index (χ2v) is 4.93. The quantitative estimate of drug-likeness (QED) is 0.564. The third kappa shape index (κ3) is 1.93. The second kappa shape index (κ2) is 4.34. The molecule has 18 heavy (non-hydrogen) atoms. The Bertz CT molecular complexity index is 708. The Morgan fingerprint density at radius 2 is 2.11 bits per heavy atom. The van der Waals surface area contributed by atoms with Crippen LogP contribution in [0, 0.1) is 6.92 Å². The molecule has 0 amide bonds. The van der Waals surface area contributed by atoms with Gasteiger partial charge in [0.1, 0.15) is 17.1 Å². The SMILES string of the molecule is Cc1occc1Sc1ncnc2cc(N)ccc12. The first kappa shape index (κ1) is 11.1. The zero-order valence-electron chi connectivity index (χ0n) is 9.75. The molecular formula is C13H11N3OS. The summed E-state index contributed by atoms with van der Waals surface area (Å²) in [4.78, 5) is 9.61. The number of hydrogen-bond acceptors (Lipinski definition) is 5. The average molecular weight is 257 g/mol. The van der Waals surface area contributed by atoms with E-state index < -0.39 is 0 Å². The molecule has 3 aromatic rings. The number of aryl methyl sites for hydroxylation is 1. The van der Waals surface area contributed by atoms with Gasteiger partial charge in [-0.2, -0.15) is 0 Å². The zero-order valence-corrected chi connectivity index (χ0v) is 10.6. The molecule has 0 aliphatic rings. The van der Waals surface area contributed by atoms with Crippen LogP contribution in [0.4, 0.5) is 5.69 Å². The normalized spacial score (nSPS) is 10.9. The van der Waals surface area contributed by atoms with Gasteiger partial charge in [0.15, 0.2) is 0 Å². The van der Waals surface area contributed by atoms with Crippen LogP contribution in [0.25, 0.3) is 10.9 Å². The van der Waals surface area contributed by atoms with Crippen LogP contribution in [-0.4, -0.2) is 9.97 Å². The lowest BCUT2D eigenvalue weighted by Gasteiger charge is -2.04. The maximum Gasteiger partial charge on any atom is 0.117 e. The van der Waals surface area contributed by atoms with E-state index in [1.165, 1.54) is 0 Å². The third-order valence-electron chi connectivity index (χ3n) is 2.64. The number of anilines is 1. The van der Waals surface area contributed by atoms with E-state index >= 15 is 0 Å². The summed E-state index contributed by atoms with van der Waals surface area (Å²) >= 11 is 1.57. The molecule has 2 aromatic heterocycles. The van der Waals surface area contributed by atoms with Crippen molar-refractivity contribution in [3.05, 3.63) is 42.6 Å². The number of nitrogens with zero attached hydrogens (tertiary/aromatic N) is 2. The molecule has 90 valence electrons. The first-order valence-electron chi connectivity index (χ1n) is 5.46. The van der Waals surface area contributed by atoms with Crippen molar-refractivity contribution in [3.8, 4) is 0 Å². The van der Waals surface area contributed by atoms with Crippen LogP contribution in [0.5, 0.6) is 0 Å². The predicted molar refractivity (Wildman–Crippen MR) is 71.5 cm³/mol. The Labute approximate surface area is 108 Å². The summed E-state index contributed by atoms with van der Waals surface area (Å²) in [6.07, 6.45) is 3.23. The van der Waals surface area contributed by atoms with Crippen LogP contribution < -0.4 is 5.73 Å². The first-order chi connectivity index (χ1) is 8.74. The van der Waals surface area contributed by atoms with E-state index in [9.17, 15) is 0 Å². The molecule has 0 atom stereocenters. The summed E-state index contributed by atoms with van der Waals surface area (Å²) in [5, 5.41) is 1.90. The fourth-order valence-corrected chi connectivity index (χ4v) is 2.62. The van der Waals surface area contributed by atoms with E-state index in [0.29, 0.717) is 5.69 Å². The summed E-state index contributed by atoms with van der Waals surface area (Å²) in [6, 6.07) is 7.59. The minimum atomic E-state index is 0.705. The maximum atomic E-state index is 5.75. The van der Waals surface area contributed by atoms with Crippen LogP contribution in [0.2, 0.25) is 0 Å². The maximum absolute atomic E-state index is 5.75. The summed E-state index contributed by atoms with van der Waals surface area (Å²) in [5.74, 6) is 0.891. The van der Waals surface area contributed by atoms with Crippen molar-refractivity contribution in [1.82, 2.24) is 9.97 Å². The van der Waals surface area contributed by atoms with Gasteiger partial charge >= 0.3 is 0 Å². The van der Waals surface area contributed by atoms with Gasteiger partial charge in [-0.1, -0.05) is 11.8 Å². The standard InChI is InChI=1S/C13H11N3OS/c1-8-12(4-5-17-8)18-13-10-3-2-9(14)6-11(10)15-7-16-13/h2-7H,14H2,1H3. The molecule has 0 spiro atoms. The summed E-state index contributed by atoms with van der Waals surface area (Å²) < 4.78 is 5.28. The molecule has 0 saturated heterocycles. The Morgan fingerprint density at radius 1 is 1.22 bits per heavy atom. The van der Waals surface area contributed by atoms with Crippen LogP contribution in [0.1, 0.15) is 5.76 Å². The van der Waals surface area contributed by atoms with Crippen molar-refractivity contribution >= 4 is 28.4 Å². The zero-order chi connectivity index (χ0) is 12.5. The number of nitrogen functional groups attached to an aromatic ring is 1. The van der Waals surface area contributed by atoms with E-state index in [1.54, 1.807) is 24.4 Å². The molecule has 0 fully saturated rings. The molecule has 0 aliphatic heterocycles. The lowest BCUT2D eigenvalue weighted by molar-refractivity contribution is 0.527. The highest BCUT2D eigenvalue weighted by Crippen LogP contribution is 2.33. The first-order valence-corrected chi connectivity index (χ1v) is 6.28. The number of nitrogens with two attached hydrogens (primary N) is 1.